The number of ether oxygens (including phenoxy) is 1. The molecule has 3 rings (SSSR count). The van der Waals surface area contributed by atoms with Gasteiger partial charge in [0, 0.05) is 6.54 Å². The average Bonchev–Trinajstić information content (AvgIpc) is 2.91. The normalized spacial score (nSPS) is 12.7. The standard InChI is InChI=1S/C21H26N2O3/c1-4-22-18-10-6-7-11-19(18)23(21(22)25)13-16(24)14-26-20-12-8-5-9-17(20)15(2)3/h5-12,15-16,24H,4,13-14H2,1-3H3. The molecule has 0 bridgehead atoms. The van der Waals surface area contributed by atoms with Gasteiger partial charge >= 0.3 is 5.69 Å². The van der Waals surface area contributed by atoms with E-state index in [1.807, 2.05) is 55.5 Å². The highest BCUT2D eigenvalue weighted by molar-refractivity contribution is 5.75. The Bertz CT molecular complexity index is 940. The van der Waals surface area contributed by atoms with Gasteiger partial charge in [-0.1, -0.05) is 44.2 Å². The highest BCUT2D eigenvalue weighted by Gasteiger charge is 2.16. The molecule has 1 atom stereocenters. The monoisotopic (exact) mass is 354 g/mol. The minimum atomic E-state index is -0.774. The molecule has 0 radical (unpaired) electrons. The maximum absolute atomic E-state index is 12.6. The molecule has 138 valence electrons. The Morgan fingerprint density at radius 2 is 1.62 bits per heavy atom. The first-order valence-electron chi connectivity index (χ1n) is 9.10. The van der Waals surface area contributed by atoms with Gasteiger partial charge in [0.25, 0.3) is 0 Å². The first kappa shape index (κ1) is 18.3. The van der Waals surface area contributed by atoms with E-state index in [9.17, 15) is 9.90 Å². The van der Waals surface area contributed by atoms with E-state index >= 15 is 0 Å². The molecule has 0 spiro atoms. The predicted octanol–water partition coefficient (Wildman–Crippen LogP) is 3.39. The van der Waals surface area contributed by atoms with Gasteiger partial charge in [0.1, 0.15) is 18.5 Å². The molecular weight excluding hydrogens is 328 g/mol. The summed E-state index contributed by atoms with van der Waals surface area (Å²) in [7, 11) is 0. The van der Waals surface area contributed by atoms with Crippen LogP contribution in [0.1, 0.15) is 32.3 Å². The van der Waals surface area contributed by atoms with E-state index in [1.54, 1.807) is 9.13 Å². The van der Waals surface area contributed by atoms with Crippen molar-refractivity contribution in [2.75, 3.05) is 6.61 Å². The van der Waals surface area contributed by atoms with Gasteiger partial charge < -0.3 is 9.84 Å². The van der Waals surface area contributed by atoms with E-state index in [-0.39, 0.29) is 18.8 Å². The van der Waals surface area contributed by atoms with Gasteiger partial charge in [-0.2, -0.15) is 0 Å². The smallest absolute Gasteiger partial charge is 0.329 e. The summed E-state index contributed by atoms with van der Waals surface area (Å²) in [5, 5.41) is 10.5. The topological polar surface area (TPSA) is 56.4 Å². The first-order chi connectivity index (χ1) is 12.5. The quantitative estimate of drug-likeness (QED) is 0.708. The van der Waals surface area contributed by atoms with Crippen LogP contribution in [-0.2, 0) is 13.1 Å². The number of nitrogens with zero attached hydrogens (tertiary/aromatic N) is 2. The molecule has 26 heavy (non-hydrogen) atoms. The number of aliphatic hydroxyl groups is 1. The van der Waals surface area contributed by atoms with Crippen LogP contribution in [0.4, 0.5) is 0 Å². The third kappa shape index (κ3) is 3.53. The number of hydrogen-bond donors (Lipinski definition) is 1. The number of para-hydroxylation sites is 3. The van der Waals surface area contributed by atoms with Crippen molar-refractivity contribution in [2.45, 2.75) is 45.9 Å². The second-order valence-corrected chi connectivity index (χ2v) is 6.78. The Morgan fingerprint density at radius 1 is 1.00 bits per heavy atom. The number of rotatable bonds is 7. The van der Waals surface area contributed by atoms with E-state index in [0.717, 1.165) is 22.3 Å². The summed E-state index contributed by atoms with van der Waals surface area (Å²) >= 11 is 0. The van der Waals surface area contributed by atoms with Gasteiger partial charge in [-0.05, 0) is 36.6 Å². The van der Waals surface area contributed by atoms with Gasteiger partial charge in [0.2, 0.25) is 0 Å². The van der Waals surface area contributed by atoms with Crippen molar-refractivity contribution in [1.82, 2.24) is 9.13 Å². The molecule has 0 aliphatic heterocycles. The van der Waals surface area contributed by atoms with Crippen LogP contribution in [-0.4, -0.2) is 27.0 Å². The average molecular weight is 354 g/mol. The predicted molar refractivity (Wildman–Crippen MR) is 104 cm³/mol. The molecule has 0 aliphatic carbocycles. The molecular formula is C21H26N2O3. The SMILES string of the molecule is CCn1c(=O)n(CC(O)COc2ccccc2C(C)C)c2ccccc21. The maximum Gasteiger partial charge on any atom is 0.329 e. The summed E-state index contributed by atoms with van der Waals surface area (Å²) in [5.74, 6) is 1.12. The van der Waals surface area contributed by atoms with Crippen molar-refractivity contribution in [3.05, 3.63) is 64.6 Å². The second-order valence-electron chi connectivity index (χ2n) is 6.78. The summed E-state index contributed by atoms with van der Waals surface area (Å²) in [6.45, 7) is 7.11. The number of fused-ring (bicyclic) bond motifs is 1. The van der Waals surface area contributed by atoms with Crippen LogP contribution < -0.4 is 10.4 Å². The molecule has 3 aromatic rings. The Hall–Kier alpha value is -2.53. The zero-order valence-corrected chi connectivity index (χ0v) is 15.6. The Kier molecular flexibility index (Phi) is 5.47. The number of benzene rings is 2. The van der Waals surface area contributed by atoms with Crippen molar-refractivity contribution in [1.29, 1.82) is 0 Å². The molecule has 1 heterocycles. The van der Waals surface area contributed by atoms with Gasteiger partial charge in [-0.3, -0.25) is 9.13 Å². The van der Waals surface area contributed by atoms with E-state index in [1.165, 1.54) is 0 Å². The van der Waals surface area contributed by atoms with Crippen molar-refractivity contribution in [3.8, 4) is 5.75 Å². The van der Waals surface area contributed by atoms with Crippen molar-refractivity contribution in [2.24, 2.45) is 0 Å². The summed E-state index contributed by atoms with van der Waals surface area (Å²) in [6.07, 6.45) is -0.774. The lowest BCUT2D eigenvalue weighted by molar-refractivity contribution is 0.0918. The van der Waals surface area contributed by atoms with E-state index in [4.69, 9.17) is 4.74 Å². The molecule has 1 unspecified atom stereocenters. The summed E-state index contributed by atoms with van der Waals surface area (Å²) < 4.78 is 9.19. The van der Waals surface area contributed by atoms with E-state index in [2.05, 4.69) is 13.8 Å². The fourth-order valence-electron chi connectivity index (χ4n) is 3.29. The van der Waals surface area contributed by atoms with Crippen LogP contribution in [0.15, 0.2) is 53.3 Å². The van der Waals surface area contributed by atoms with Crippen LogP contribution in [0.25, 0.3) is 11.0 Å². The largest absolute Gasteiger partial charge is 0.491 e. The molecule has 1 N–H and O–H groups in total. The molecule has 0 saturated heterocycles. The van der Waals surface area contributed by atoms with Gasteiger partial charge in [0.05, 0.1) is 17.6 Å². The number of aryl methyl sites for hydroxylation is 1. The lowest BCUT2D eigenvalue weighted by atomic mass is 10.0. The van der Waals surface area contributed by atoms with Gasteiger partial charge in [-0.25, -0.2) is 4.79 Å². The Labute approximate surface area is 153 Å². The van der Waals surface area contributed by atoms with Crippen LogP contribution in [0.5, 0.6) is 5.75 Å². The third-order valence-corrected chi connectivity index (χ3v) is 4.61. The molecule has 0 aliphatic rings. The molecule has 5 nitrogen and oxygen atoms in total. The number of hydrogen-bond acceptors (Lipinski definition) is 3. The molecule has 0 saturated carbocycles. The minimum absolute atomic E-state index is 0.102. The Morgan fingerprint density at radius 3 is 2.27 bits per heavy atom. The summed E-state index contributed by atoms with van der Waals surface area (Å²) in [5.41, 5.74) is 2.73. The van der Waals surface area contributed by atoms with Gasteiger partial charge in [0.15, 0.2) is 0 Å². The fraction of sp³-hybridized carbons (Fsp3) is 0.381. The van der Waals surface area contributed by atoms with E-state index < -0.39 is 6.10 Å². The van der Waals surface area contributed by atoms with Crippen molar-refractivity contribution in [3.63, 3.8) is 0 Å². The van der Waals surface area contributed by atoms with Crippen LogP contribution >= 0.6 is 0 Å². The highest BCUT2D eigenvalue weighted by atomic mass is 16.5. The summed E-state index contributed by atoms with van der Waals surface area (Å²) in [6, 6.07) is 15.5. The van der Waals surface area contributed by atoms with Crippen molar-refractivity contribution >= 4 is 11.0 Å². The first-order valence-corrected chi connectivity index (χ1v) is 9.10. The zero-order chi connectivity index (χ0) is 18.7. The zero-order valence-electron chi connectivity index (χ0n) is 15.6. The third-order valence-electron chi connectivity index (χ3n) is 4.61. The fourth-order valence-corrected chi connectivity index (χ4v) is 3.29. The summed E-state index contributed by atoms with van der Waals surface area (Å²) in [4.78, 5) is 12.6. The van der Waals surface area contributed by atoms with Gasteiger partial charge in [-0.15, -0.1) is 0 Å². The maximum atomic E-state index is 12.6. The molecule has 5 heteroatoms. The molecule has 0 fully saturated rings. The number of aromatic nitrogens is 2. The Balaban J connectivity index is 1.78. The minimum Gasteiger partial charge on any atom is -0.491 e. The van der Waals surface area contributed by atoms with Crippen LogP contribution in [0, 0.1) is 0 Å². The lowest BCUT2D eigenvalue weighted by Gasteiger charge is -2.17. The molecule has 1 aromatic heterocycles. The highest BCUT2D eigenvalue weighted by Crippen LogP contribution is 2.26. The van der Waals surface area contributed by atoms with Crippen LogP contribution in [0.3, 0.4) is 0 Å². The second kappa shape index (κ2) is 7.79. The van der Waals surface area contributed by atoms with Crippen LogP contribution in [0.2, 0.25) is 0 Å². The number of aliphatic hydroxyl groups excluding tert-OH is 1. The van der Waals surface area contributed by atoms with Crippen molar-refractivity contribution < 1.29 is 9.84 Å². The lowest BCUT2D eigenvalue weighted by Crippen LogP contribution is -2.31. The molecule has 0 amide bonds. The number of imidazole rings is 1. The molecule has 2 aromatic carbocycles. The van der Waals surface area contributed by atoms with E-state index in [0.29, 0.717) is 12.5 Å².